The Hall–Kier alpha value is -2.06. The Balaban J connectivity index is 1.01. The number of piperidine rings is 1. The van der Waals surface area contributed by atoms with Crippen molar-refractivity contribution in [3.8, 4) is 0 Å². The van der Waals surface area contributed by atoms with Crippen molar-refractivity contribution in [1.29, 1.82) is 0 Å². The van der Waals surface area contributed by atoms with E-state index in [1.807, 2.05) is 12.1 Å². The number of hydrogen-bond acceptors (Lipinski definition) is 5. The number of sulfonamides is 1. The molecule has 0 radical (unpaired) electrons. The highest BCUT2D eigenvalue weighted by molar-refractivity contribution is 7.90. The fraction of sp³-hybridized carbons (Fsp3) is 0.757. The van der Waals surface area contributed by atoms with Gasteiger partial charge in [0, 0.05) is 30.7 Å². The summed E-state index contributed by atoms with van der Waals surface area (Å²) in [6.45, 7) is 11.9. The number of allylic oxidation sites excluding steroid dienone is 2. The first-order chi connectivity index (χ1) is 21.5. The molecule has 0 bridgehead atoms. The van der Waals surface area contributed by atoms with Crippen LogP contribution in [-0.2, 0) is 10.0 Å². The number of aliphatic hydroxyl groups excluding tert-OH is 1. The van der Waals surface area contributed by atoms with Crippen LogP contribution in [0.1, 0.15) is 98.3 Å². The average Bonchev–Trinajstić information content (AvgIpc) is 3.71. The van der Waals surface area contributed by atoms with Gasteiger partial charge in [0.1, 0.15) is 0 Å². The number of fused-ring (bicyclic) bond motifs is 7. The summed E-state index contributed by atoms with van der Waals surface area (Å²) >= 11 is 0. The Bertz CT molecular complexity index is 1440. The molecule has 3 unspecified atom stereocenters. The lowest BCUT2D eigenvalue weighted by atomic mass is 9.41. The Morgan fingerprint density at radius 1 is 1.00 bits per heavy atom. The molecule has 6 aliphatic rings. The third-order valence-electron chi connectivity index (χ3n) is 14.4. The van der Waals surface area contributed by atoms with Crippen LogP contribution in [0.2, 0.25) is 0 Å². The topological polar surface area (TPSA) is 98.7 Å². The van der Waals surface area contributed by atoms with Crippen molar-refractivity contribution in [3.63, 3.8) is 0 Å². The molecule has 7 nitrogen and oxygen atoms in total. The smallest absolute Gasteiger partial charge is 0.328 e. The number of anilines is 1. The maximum atomic E-state index is 13.1. The maximum absolute atomic E-state index is 13.1. The Labute approximate surface area is 271 Å². The molecule has 0 aromatic heterocycles. The molecular weight excluding hydrogens is 582 g/mol. The zero-order valence-electron chi connectivity index (χ0n) is 27.9. The van der Waals surface area contributed by atoms with Gasteiger partial charge in [-0.05, 0) is 122 Å². The molecule has 1 aromatic rings. The van der Waals surface area contributed by atoms with Gasteiger partial charge in [0.2, 0.25) is 0 Å². The largest absolute Gasteiger partial charge is 0.393 e. The predicted octanol–water partition coefficient (Wildman–Crippen LogP) is 6.88. The predicted molar refractivity (Wildman–Crippen MR) is 178 cm³/mol. The SMILES string of the molecule is CC[C@H]1[C@@H](O)C2[C@@H]3CC4=CC4([C@H](C)CNC(=O)NS(=O)(=O)c4ccc(N5CCCCC5)cc4)C3(C)CC[C@@H]2[C@@]2(C)CCCC[C@@H]12. The van der Waals surface area contributed by atoms with Crippen LogP contribution in [0.25, 0.3) is 0 Å². The van der Waals surface area contributed by atoms with Crippen molar-refractivity contribution in [2.75, 3.05) is 24.5 Å². The van der Waals surface area contributed by atoms with Crippen LogP contribution < -0.4 is 14.9 Å². The van der Waals surface area contributed by atoms with E-state index in [2.05, 4.69) is 48.7 Å². The summed E-state index contributed by atoms with van der Waals surface area (Å²) in [6.07, 6.45) is 15.4. The maximum Gasteiger partial charge on any atom is 0.328 e. The van der Waals surface area contributed by atoms with Gasteiger partial charge in [0.25, 0.3) is 10.0 Å². The number of carbonyl (C=O) groups is 1. The van der Waals surface area contributed by atoms with E-state index in [0.29, 0.717) is 41.5 Å². The zero-order chi connectivity index (χ0) is 31.8. The van der Waals surface area contributed by atoms with Crippen molar-refractivity contribution in [1.82, 2.24) is 10.0 Å². The molecule has 0 spiro atoms. The summed E-state index contributed by atoms with van der Waals surface area (Å²) in [5.74, 6) is 2.58. The molecule has 45 heavy (non-hydrogen) atoms. The van der Waals surface area contributed by atoms with Gasteiger partial charge in [0.05, 0.1) is 11.0 Å². The number of nitrogens with one attached hydrogen (secondary N) is 2. The highest BCUT2D eigenvalue weighted by Gasteiger charge is 2.73. The summed E-state index contributed by atoms with van der Waals surface area (Å²) in [5, 5.41) is 14.9. The summed E-state index contributed by atoms with van der Waals surface area (Å²) in [5.41, 5.74) is 2.87. The second-order valence-corrected chi connectivity index (χ2v) is 17.9. The third kappa shape index (κ3) is 4.81. The molecule has 10 atom stereocenters. The summed E-state index contributed by atoms with van der Waals surface area (Å²) in [7, 11) is -3.97. The van der Waals surface area contributed by atoms with Crippen LogP contribution in [0.4, 0.5) is 10.5 Å². The van der Waals surface area contributed by atoms with Crippen molar-refractivity contribution < 1.29 is 18.3 Å². The van der Waals surface area contributed by atoms with E-state index >= 15 is 0 Å². The second kappa shape index (κ2) is 11.3. The van der Waals surface area contributed by atoms with Gasteiger partial charge in [-0.15, -0.1) is 0 Å². The van der Waals surface area contributed by atoms with Crippen LogP contribution in [-0.4, -0.2) is 45.3 Å². The first-order valence-corrected chi connectivity index (χ1v) is 19.5. The zero-order valence-corrected chi connectivity index (χ0v) is 28.7. The Morgan fingerprint density at radius 3 is 2.44 bits per heavy atom. The standard InChI is InChI=1S/C37H55N3O4S/c1-5-28-29-11-7-8-17-35(29,3)30-16-18-36(4)31(32(30)33(28)41)21-25-22-37(25,36)24(2)23-38-34(42)39-45(43,44)27-14-12-26(13-15-27)40-19-9-6-10-20-40/h12-15,22,24,28-33,41H,5-11,16-21,23H2,1-4H3,(H2,38,39,42)/t24-,28-,29+,30+,31+,32?,33-,35+,36?,37?/m1/s1. The highest BCUT2D eigenvalue weighted by Crippen LogP contribution is 2.79. The molecule has 3 N–H and O–H groups in total. The number of aliphatic hydroxyl groups is 1. The molecule has 5 aliphatic carbocycles. The second-order valence-electron chi connectivity index (χ2n) is 16.2. The fourth-order valence-corrected chi connectivity index (χ4v) is 13.1. The average molecular weight is 638 g/mol. The number of carbonyl (C=O) groups excluding carboxylic acids is 1. The minimum absolute atomic E-state index is 0.0508. The molecular formula is C37H55N3O4S. The number of amides is 2. The van der Waals surface area contributed by atoms with Gasteiger partial charge in [-0.3, -0.25) is 0 Å². The number of benzene rings is 1. The molecule has 7 rings (SSSR count). The molecule has 1 saturated heterocycles. The number of urea groups is 1. The minimum atomic E-state index is -3.97. The molecule has 248 valence electrons. The quantitative estimate of drug-likeness (QED) is 0.283. The first kappa shape index (κ1) is 31.5. The third-order valence-corrected chi connectivity index (χ3v) is 15.7. The van der Waals surface area contributed by atoms with Gasteiger partial charge in [0.15, 0.2) is 0 Å². The van der Waals surface area contributed by atoms with E-state index < -0.39 is 16.1 Å². The molecule has 2 amide bonds. The van der Waals surface area contributed by atoms with Crippen LogP contribution in [0.5, 0.6) is 0 Å². The van der Waals surface area contributed by atoms with Crippen molar-refractivity contribution in [3.05, 3.63) is 35.9 Å². The van der Waals surface area contributed by atoms with Crippen LogP contribution in [0.15, 0.2) is 40.8 Å². The molecule has 1 aromatic carbocycles. The van der Waals surface area contributed by atoms with E-state index in [1.165, 1.54) is 44.1 Å². The van der Waals surface area contributed by atoms with Crippen LogP contribution in [0, 0.1) is 51.8 Å². The number of hydrogen-bond donors (Lipinski definition) is 3. The lowest BCUT2D eigenvalue weighted by Gasteiger charge is -2.65. The lowest BCUT2D eigenvalue weighted by molar-refractivity contribution is -0.197. The van der Waals surface area contributed by atoms with Gasteiger partial charge in [-0.1, -0.05) is 58.6 Å². The lowest BCUT2D eigenvalue weighted by Crippen LogP contribution is -2.62. The molecule has 8 heteroatoms. The Morgan fingerprint density at radius 2 is 1.73 bits per heavy atom. The van der Waals surface area contributed by atoms with E-state index in [0.717, 1.165) is 50.9 Å². The fourth-order valence-electron chi connectivity index (χ4n) is 12.1. The van der Waals surface area contributed by atoms with Crippen molar-refractivity contribution in [2.24, 2.45) is 51.8 Å². The van der Waals surface area contributed by atoms with E-state index in [9.17, 15) is 18.3 Å². The normalized spacial score (nSPS) is 41.1. The minimum Gasteiger partial charge on any atom is -0.393 e. The number of rotatable bonds is 7. The molecule has 1 aliphatic heterocycles. The first-order valence-electron chi connectivity index (χ1n) is 18.0. The molecule has 1 heterocycles. The molecule has 5 fully saturated rings. The number of nitrogens with zero attached hydrogens (tertiary/aromatic N) is 1. The van der Waals surface area contributed by atoms with Crippen molar-refractivity contribution >= 4 is 21.7 Å². The van der Waals surface area contributed by atoms with Crippen LogP contribution in [0.3, 0.4) is 0 Å². The monoisotopic (exact) mass is 637 g/mol. The highest BCUT2D eigenvalue weighted by atomic mass is 32.2. The van der Waals surface area contributed by atoms with Gasteiger partial charge >= 0.3 is 6.03 Å². The van der Waals surface area contributed by atoms with Gasteiger partial charge < -0.3 is 15.3 Å². The van der Waals surface area contributed by atoms with Gasteiger partial charge in [-0.2, -0.15) is 0 Å². The van der Waals surface area contributed by atoms with Gasteiger partial charge in [-0.25, -0.2) is 17.9 Å². The summed E-state index contributed by atoms with van der Waals surface area (Å²) < 4.78 is 28.4. The van der Waals surface area contributed by atoms with E-state index in [1.54, 1.807) is 12.1 Å². The van der Waals surface area contributed by atoms with E-state index in [4.69, 9.17) is 0 Å². The molecule has 4 saturated carbocycles. The Kier molecular flexibility index (Phi) is 7.91. The summed E-state index contributed by atoms with van der Waals surface area (Å²) in [4.78, 5) is 15.3. The summed E-state index contributed by atoms with van der Waals surface area (Å²) in [6, 6.07) is 6.19. The van der Waals surface area contributed by atoms with Crippen molar-refractivity contribution in [2.45, 2.75) is 109 Å². The van der Waals surface area contributed by atoms with E-state index in [-0.39, 0.29) is 27.7 Å². The van der Waals surface area contributed by atoms with Crippen LogP contribution >= 0.6 is 0 Å².